The van der Waals surface area contributed by atoms with E-state index in [-0.39, 0.29) is 95.3 Å². The summed E-state index contributed by atoms with van der Waals surface area (Å²) in [5.74, 6) is -3.54. The SMILES string of the molecule is Nc1nc2c(c(=O)[nH]1)NC(CN(C=O)c1ccc(C(=O)N[C@@H](CCC(=O)[O-])C(=O)[O-])cc1)CN2.[Na+].[Na+]. The molecule has 0 saturated heterocycles. The van der Waals surface area contributed by atoms with Crippen LogP contribution in [0, 0.1) is 0 Å². The number of aromatic nitrogens is 2. The number of nitrogens with zero attached hydrogens (tertiary/aromatic N) is 2. The standard InChI is InChI=1S/C20H23N7O7.2Na/c21-20-25-16-15(18(32)26-20)23-11(7-22-16)8-27(9-28)12-3-1-10(2-4-12)17(31)24-13(19(33)34)5-6-14(29)30;;/h1-4,9,11,13,23H,5-8H2,(H,24,31)(H,29,30)(H,33,34)(H4,21,22,25,26,32);;/q;2*+1/p-2/t11?,13-;;/m0../s1. The molecule has 1 unspecified atom stereocenters. The third-order valence-corrected chi connectivity index (χ3v) is 5.03. The van der Waals surface area contributed by atoms with E-state index in [1.54, 1.807) is 0 Å². The van der Waals surface area contributed by atoms with E-state index in [2.05, 4.69) is 25.9 Å². The molecule has 0 aliphatic carbocycles. The number of H-pyrrole nitrogens is 1. The molecule has 2 heterocycles. The summed E-state index contributed by atoms with van der Waals surface area (Å²) in [6.45, 7) is 0.519. The Kier molecular flexibility index (Phi) is 12.4. The molecule has 1 aromatic heterocycles. The van der Waals surface area contributed by atoms with Crippen LogP contribution in [0.3, 0.4) is 0 Å². The summed E-state index contributed by atoms with van der Waals surface area (Å²) in [5, 5.41) is 29.9. The Morgan fingerprint density at radius 3 is 2.47 bits per heavy atom. The summed E-state index contributed by atoms with van der Waals surface area (Å²) < 4.78 is 0. The second-order valence-electron chi connectivity index (χ2n) is 7.46. The summed E-state index contributed by atoms with van der Waals surface area (Å²) in [7, 11) is 0. The number of nitrogen functional groups attached to an aromatic ring is 1. The van der Waals surface area contributed by atoms with Crippen LogP contribution in [-0.4, -0.2) is 59.4 Å². The van der Waals surface area contributed by atoms with Crippen molar-refractivity contribution in [3.63, 3.8) is 0 Å². The molecule has 2 atom stereocenters. The number of hydrogen-bond donors (Lipinski definition) is 5. The molecule has 0 spiro atoms. The Labute approximate surface area is 249 Å². The molecule has 2 aromatic rings. The van der Waals surface area contributed by atoms with Crippen LogP contribution in [-0.2, 0) is 14.4 Å². The first-order chi connectivity index (χ1) is 16.2. The number of amides is 2. The minimum atomic E-state index is -1.62. The number of aliphatic carboxylic acids is 2. The molecular formula is C20H21N7Na2O7. The van der Waals surface area contributed by atoms with Gasteiger partial charge in [-0.25, -0.2) is 0 Å². The maximum atomic E-state index is 12.3. The maximum Gasteiger partial charge on any atom is 1.00 e. The van der Waals surface area contributed by atoms with Gasteiger partial charge in [-0.3, -0.25) is 19.4 Å². The van der Waals surface area contributed by atoms with E-state index in [0.717, 1.165) is 0 Å². The number of carbonyl (C=O) groups excluding carboxylic acids is 4. The minimum absolute atomic E-state index is 0. The average Bonchev–Trinajstić information content (AvgIpc) is 2.80. The van der Waals surface area contributed by atoms with Crippen molar-refractivity contribution >= 4 is 47.4 Å². The molecular weight excluding hydrogens is 496 g/mol. The van der Waals surface area contributed by atoms with Crippen LogP contribution in [0.25, 0.3) is 0 Å². The number of benzene rings is 1. The average molecular weight is 517 g/mol. The van der Waals surface area contributed by atoms with E-state index < -0.39 is 35.9 Å². The van der Waals surface area contributed by atoms with Crippen LogP contribution in [0.15, 0.2) is 29.1 Å². The van der Waals surface area contributed by atoms with Gasteiger partial charge in [0.25, 0.3) is 11.5 Å². The molecule has 16 heteroatoms. The number of anilines is 4. The van der Waals surface area contributed by atoms with Gasteiger partial charge >= 0.3 is 59.1 Å². The van der Waals surface area contributed by atoms with Crippen LogP contribution in [0.5, 0.6) is 0 Å². The van der Waals surface area contributed by atoms with Crippen molar-refractivity contribution in [3.05, 3.63) is 40.2 Å². The van der Waals surface area contributed by atoms with Gasteiger partial charge in [0.2, 0.25) is 12.4 Å². The summed E-state index contributed by atoms with van der Waals surface area (Å²) in [6.07, 6.45) is -0.357. The molecule has 1 aliphatic rings. The normalized spacial score (nSPS) is 14.3. The van der Waals surface area contributed by atoms with Gasteiger partial charge in [0.15, 0.2) is 5.82 Å². The molecule has 180 valence electrons. The predicted molar refractivity (Wildman–Crippen MR) is 116 cm³/mol. The summed E-state index contributed by atoms with van der Waals surface area (Å²) in [4.78, 5) is 65.5. The van der Waals surface area contributed by atoms with Crippen LogP contribution in [0.4, 0.5) is 23.1 Å². The monoisotopic (exact) mass is 517 g/mol. The maximum absolute atomic E-state index is 12.3. The number of nitrogens with two attached hydrogens (primary N) is 1. The van der Waals surface area contributed by atoms with E-state index in [9.17, 15) is 34.2 Å². The number of hydrogen-bond acceptors (Lipinski definition) is 11. The van der Waals surface area contributed by atoms with Crippen LogP contribution >= 0.6 is 0 Å². The molecule has 2 amide bonds. The third kappa shape index (κ3) is 8.21. The Bertz CT molecular complexity index is 1160. The zero-order chi connectivity index (χ0) is 24.8. The van der Waals surface area contributed by atoms with E-state index in [4.69, 9.17) is 5.73 Å². The van der Waals surface area contributed by atoms with E-state index in [1.165, 1.54) is 29.2 Å². The first-order valence-corrected chi connectivity index (χ1v) is 10.1. The number of nitrogens with one attached hydrogen (secondary N) is 4. The van der Waals surface area contributed by atoms with Crippen LogP contribution in [0.2, 0.25) is 0 Å². The van der Waals surface area contributed by atoms with Crippen molar-refractivity contribution in [1.29, 1.82) is 0 Å². The Balaban J connectivity index is 0.00000324. The molecule has 1 aliphatic heterocycles. The van der Waals surface area contributed by atoms with Crippen LogP contribution < -0.4 is 101 Å². The van der Waals surface area contributed by atoms with Crippen molar-refractivity contribution in [1.82, 2.24) is 15.3 Å². The first kappa shape index (κ1) is 31.4. The van der Waals surface area contributed by atoms with E-state index >= 15 is 0 Å². The number of fused-ring (bicyclic) bond motifs is 1. The molecule has 0 fully saturated rings. The third-order valence-electron chi connectivity index (χ3n) is 5.03. The van der Waals surface area contributed by atoms with Crippen LogP contribution in [0.1, 0.15) is 23.2 Å². The van der Waals surface area contributed by atoms with Crippen molar-refractivity contribution in [2.75, 3.05) is 34.4 Å². The molecule has 3 rings (SSSR count). The number of carboxylic acid groups (broad SMARTS) is 2. The van der Waals surface area contributed by atoms with Crippen molar-refractivity contribution in [2.45, 2.75) is 24.9 Å². The zero-order valence-electron chi connectivity index (χ0n) is 19.7. The minimum Gasteiger partial charge on any atom is -0.550 e. The second kappa shape index (κ2) is 14.2. The largest absolute Gasteiger partial charge is 1.00 e. The van der Waals surface area contributed by atoms with Gasteiger partial charge in [0, 0.05) is 30.3 Å². The van der Waals surface area contributed by atoms with Gasteiger partial charge in [-0.2, -0.15) is 4.98 Å². The van der Waals surface area contributed by atoms with Gasteiger partial charge in [-0.15, -0.1) is 0 Å². The molecule has 36 heavy (non-hydrogen) atoms. The predicted octanol–water partition coefficient (Wildman–Crippen LogP) is -9.39. The molecule has 0 bridgehead atoms. The zero-order valence-corrected chi connectivity index (χ0v) is 23.7. The number of rotatable bonds is 10. The van der Waals surface area contributed by atoms with Gasteiger partial charge in [0.1, 0.15) is 5.69 Å². The second-order valence-corrected chi connectivity index (χ2v) is 7.46. The quantitative estimate of drug-likeness (QED) is 0.147. The van der Waals surface area contributed by atoms with Gasteiger partial charge in [-0.1, -0.05) is 0 Å². The van der Waals surface area contributed by atoms with Crippen molar-refractivity contribution in [3.8, 4) is 0 Å². The number of carboxylic acids is 2. The topological polar surface area (TPSA) is 225 Å². The molecule has 0 radical (unpaired) electrons. The van der Waals surface area contributed by atoms with Crippen molar-refractivity contribution < 1.29 is 88.5 Å². The molecule has 6 N–H and O–H groups in total. The van der Waals surface area contributed by atoms with Gasteiger partial charge in [-0.05, 0) is 37.1 Å². The summed E-state index contributed by atoms with van der Waals surface area (Å²) in [6, 6.07) is 3.88. The number of carbonyl (C=O) groups is 4. The molecule has 0 saturated carbocycles. The summed E-state index contributed by atoms with van der Waals surface area (Å²) >= 11 is 0. The Hall–Kier alpha value is -2.62. The fraction of sp³-hybridized carbons (Fsp3) is 0.300. The molecule has 1 aromatic carbocycles. The number of aromatic amines is 1. The summed E-state index contributed by atoms with van der Waals surface area (Å²) in [5.41, 5.74) is 5.80. The van der Waals surface area contributed by atoms with Gasteiger partial charge in [0.05, 0.1) is 18.1 Å². The fourth-order valence-electron chi connectivity index (χ4n) is 3.34. The Morgan fingerprint density at radius 1 is 1.22 bits per heavy atom. The fourth-order valence-corrected chi connectivity index (χ4v) is 3.34. The van der Waals surface area contributed by atoms with Gasteiger partial charge < -0.3 is 46.4 Å². The first-order valence-electron chi connectivity index (χ1n) is 10.1. The Morgan fingerprint density at radius 2 is 1.89 bits per heavy atom. The van der Waals surface area contributed by atoms with E-state index in [1.807, 2.05) is 0 Å². The van der Waals surface area contributed by atoms with Crippen molar-refractivity contribution in [2.24, 2.45) is 0 Å². The molecule has 14 nitrogen and oxygen atoms in total. The van der Waals surface area contributed by atoms with E-state index in [0.29, 0.717) is 24.5 Å². The smallest absolute Gasteiger partial charge is 0.550 e.